The maximum absolute atomic E-state index is 12.4. The molecule has 1 aliphatic heterocycles. The highest BCUT2D eigenvalue weighted by Gasteiger charge is 2.36. The second kappa shape index (κ2) is 7.77. The largest absolute Gasteiger partial charge is 0.356 e. The number of carbonyl (C=O) groups is 2. The van der Waals surface area contributed by atoms with Gasteiger partial charge in [0.25, 0.3) is 5.91 Å². The number of aromatic nitrogens is 2. The van der Waals surface area contributed by atoms with Crippen molar-refractivity contribution in [1.82, 2.24) is 20.4 Å². The lowest BCUT2D eigenvalue weighted by Crippen LogP contribution is -2.27. The van der Waals surface area contributed by atoms with E-state index >= 15 is 0 Å². The standard InChI is InChI=1S/C17H26N4O4S/c1-12(22)18-7-2-3-8-19-17(23)15-10-16(13-4-5-13)21(20-15)14-6-9-26(24,25)11-14/h10,13-14H,2-9,11H2,1H3,(H,18,22)(H,19,23). The number of carbonyl (C=O) groups excluding carboxylic acids is 2. The molecule has 2 N–H and O–H groups in total. The second-order valence-electron chi connectivity index (χ2n) is 7.18. The van der Waals surface area contributed by atoms with Gasteiger partial charge in [-0.15, -0.1) is 0 Å². The Balaban J connectivity index is 1.57. The number of rotatable bonds is 8. The summed E-state index contributed by atoms with van der Waals surface area (Å²) in [7, 11) is -3.00. The van der Waals surface area contributed by atoms with Gasteiger partial charge in [-0.3, -0.25) is 14.3 Å². The molecular formula is C17H26N4O4S. The van der Waals surface area contributed by atoms with Crippen molar-refractivity contribution in [2.45, 2.75) is 51.0 Å². The first-order valence-corrected chi connectivity index (χ1v) is 11.0. The van der Waals surface area contributed by atoms with Crippen molar-refractivity contribution >= 4 is 21.7 Å². The van der Waals surface area contributed by atoms with Crippen LogP contribution in [0.1, 0.15) is 67.2 Å². The third-order valence-electron chi connectivity index (χ3n) is 4.81. The smallest absolute Gasteiger partial charge is 0.271 e. The van der Waals surface area contributed by atoms with Crippen LogP contribution in [0.25, 0.3) is 0 Å². The van der Waals surface area contributed by atoms with Crippen molar-refractivity contribution in [2.24, 2.45) is 0 Å². The van der Waals surface area contributed by atoms with Crippen LogP contribution >= 0.6 is 0 Å². The summed E-state index contributed by atoms with van der Waals surface area (Å²) in [4.78, 5) is 23.1. The monoisotopic (exact) mass is 382 g/mol. The van der Waals surface area contributed by atoms with Gasteiger partial charge in [0.15, 0.2) is 9.84 Å². The van der Waals surface area contributed by atoms with Gasteiger partial charge in [0, 0.05) is 31.6 Å². The summed E-state index contributed by atoms with van der Waals surface area (Å²) < 4.78 is 25.3. The van der Waals surface area contributed by atoms with Crippen molar-refractivity contribution in [3.8, 4) is 0 Å². The molecule has 144 valence electrons. The Morgan fingerprint density at radius 1 is 1.19 bits per heavy atom. The summed E-state index contributed by atoms with van der Waals surface area (Å²) in [6.07, 6.45) is 4.25. The van der Waals surface area contributed by atoms with Crippen molar-refractivity contribution in [1.29, 1.82) is 0 Å². The highest BCUT2D eigenvalue weighted by Crippen LogP contribution is 2.42. The lowest BCUT2D eigenvalue weighted by molar-refractivity contribution is -0.118. The maximum Gasteiger partial charge on any atom is 0.271 e. The fourth-order valence-corrected chi connectivity index (χ4v) is 4.96. The van der Waals surface area contributed by atoms with Crippen LogP contribution in [0.15, 0.2) is 6.07 Å². The van der Waals surface area contributed by atoms with Crippen molar-refractivity contribution in [3.05, 3.63) is 17.5 Å². The average Bonchev–Trinajstić information content (AvgIpc) is 3.21. The molecule has 2 heterocycles. The Labute approximate surface area is 153 Å². The molecule has 0 aromatic carbocycles. The zero-order chi connectivity index (χ0) is 18.7. The zero-order valence-electron chi connectivity index (χ0n) is 15.0. The van der Waals surface area contributed by atoms with Crippen LogP contribution in [0, 0.1) is 0 Å². The van der Waals surface area contributed by atoms with Crippen LogP contribution in [0.4, 0.5) is 0 Å². The van der Waals surface area contributed by atoms with E-state index in [4.69, 9.17) is 0 Å². The highest BCUT2D eigenvalue weighted by atomic mass is 32.2. The third kappa shape index (κ3) is 4.84. The van der Waals surface area contributed by atoms with Crippen LogP contribution in [0.2, 0.25) is 0 Å². The Kier molecular flexibility index (Phi) is 5.64. The van der Waals surface area contributed by atoms with Crippen molar-refractivity contribution in [3.63, 3.8) is 0 Å². The van der Waals surface area contributed by atoms with E-state index in [-0.39, 0.29) is 29.4 Å². The van der Waals surface area contributed by atoms with E-state index < -0.39 is 9.84 Å². The van der Waals surface area contributed by atoms with Gasteiger partial charge in [0.1, 0.15) is 5.69 Å². The number of nitrogens with one attached hydrogen (secondary N) is 2. The molecule has 8 nitrogen and oxygen atoms in total. The summed E-state index contributed by atoms with van der Waals surface area (Å²) in [6.45, 7) is 2.59. The molecule has 0 radical (unpaired) electrons. The predicted octanol–water partition coefficient (Wildman–Crippen LogP) is 0.766. The van der Waals surface area contributed by atoms with E-state index in [1.54, 1.807) is 4.68 Å². The van der Waals surface area contributed by atoms with Gasteiger partial charge >= 0.3 is 0 Å². The number of amides is 2. The van der Waals surface area contributed by atoms with Gasteiger partial charge in [-0.2, -0.15) is 5.10 Å². The fraction of sp³-hybridized carbons (Fsp3) is 0.706. The van der Waals surface area contributed by atoms with E-state index in [9.17, 15) is 18.0 Å². The zero-order valence-corrected chi connectivity index (χ0v) is 15.8. The molecule has 2 fully saturated rings. The van der Waals surface area contributed by atoms with E-state index in [0.29, 0.717) is 31.1 Å². The Morgan fingerprint density at radius 3 is 2.46 bits per heavy atom. The van der Waals surface area contributed by atoms with Crippen LogP contribution in [-0.4, -0.2) is 54.6 Å². The van der Waals surface area contributed by atoms with Crippen LogP contribution in [-0.2, 0) is 14.6 Å². The quantitative estimate of drug-likeness (QED) is 0.645. The van der Waals surface area contributed by atoms with Crippen LogP contribution in [0.3, 0.4) is 0 Å². The van der Waals surface area contributed by atoms with Gasteiger partial charge in [-0.25, -0.2) is 8.42 Å². The first kappa shape index (κ1) is 18.9. The molecule has 0 bridgehead atoms. The van der Waals surface area contributed by atoms with E-state index in [2.05, 4.69) is 15.7 Å². The molecule has 2 amide bonds. The summed E-state index contributed by atoms with van der Waals surface area (Å²) in [5, 5.41) is 10.0. The minimum Gasteiger partial charge on any atom is -0.356 e. The Morgan fingerprint density at radius 2 is 1.88 bits per heavy atom. The highest BCUT2D eigenvalue weighted by molar-refractivity contribution is 7.91. The molecule has 0 spiro atoms. The van der Waals surface area contributed by atoms with Crippen LogP contribution in [0.5, 0.6) is 0 Å². The predicted molar refractivity (Wildman–Crippen MR) is 96.8 cm³/mol. The molecule has 26 heavy (non-hydrogen) atoms. The molecule has 1 saturated carbocycles. The lowest BCUT2D eigenvalue weighted by Gasteiger charge is -2.12. The normalized spacial score (nSPS) is 21.5. The topological polar surface area (TPSA) is 110 Å². The van der Waals surface area contributed by atoms with Crippen molar-refractivity contribution in [2.75, 3.05) is 24.6 Å². The molecule has 1 aliphatic carbocycles. The molecule has 9 heteroatoms. The average molecular weight is 382 g/mol. The molecule has 3 rings (SSSR count). The molecule has 1 atom stereocenters. The first-order valence-electron chi connectivity index (χ1n) is 9.18. The number of nitrogens with zero attached hydrogens (tertiary/aromatic N) is 2. The van der Waals surface area contributed by atoms with Crippen molar-refractivity contribution < 1.29 is 18.0 Å². The summed E-state index contributed by atoms with van der Waals surface area (Å²) in [5.74, 6) is 0.410. The third-order valence-corrected chi connectivity index (χ3v) is 6.56. The number of sulfone groups is 1. The van der Waals surface area contributed by atoms with Gasteiger partial charge in [0.2, 0.25) is 5.91 Å². The van der Waals surface area contributed by atoms with Crippen LogP contribution < -0.4 is 10.6 Å². The van der Waals surface area contributed by atoms with E-state index in [1.165, 1.54) is 6.92 Å². The number of hydrogen-bond donors (Lipinski definition) is 2. The number of hydrogen-bond acceptors (Lipinski definition) is 5. The Hall–Kier alpha value is -1.90. The minimum absolute atomic E-state index is 0.0545. The maximum atomic E-state index is 12.4. The SMILES string of the molecule is CC(=O)NCCCCNC(=O)c1cc(C2CC2)n(C2CCS(=O)(=O)C2)n1. The molecule has 2 aliphatic rings. The fourth-order valence-electron chi connectivity index (χ4n) is 3.27. The summed E-state index contributed by atoms with van der Waals surface area (Å²) in [5.41, 5.74) is 1.35. The molecule has 1 unspecified atom stereocenters. The van der Waals surface area contributed by atoms with Gasteiger partial charge in [-0.1, -0.05) is 0 Å². The second-order valence-corrected chi connectivity index (χ2v) is 9.40. The van der Waals surface area contributed by atoms with Gasteiger partial charge in [0.05, 0.1) is 17.5 Å². The van der Waals surface area contributed by atoms with E-state index in [1.807, 2.05) is 6.07 Å². The summed E-state index contributed by atoms with van der Waals surface area (Å²) >= 11 is 0. The molecular weight excluding hydrogens is 356 g/mol. The Bertz CT molecular complexity index is 783. The van der Waals surface area contributed by atoms with Gasteiger partial charge < -0.3 is 10.6 Å². The van der Waals surface area contributed by atoms with Gasteiger partial charge in [-0.05, 0) is 38.2 Å². The molecule has 1 aromatic rings. The van der Waals surface area contributed by atoms with E-state index in [0.717, 1.165) is 31.4 Å². The minimum atomic E-state index is -3.00. The summed E-state index contributed by atoms with van der Waals surface area (Å²) in [6, 6.07) is 1.66. The number of unbranched alkanes of at least 4 members (excludes halogenated alkanes) is 1. The first-order chi connectivity index (χ1) is 12.4. The lowest BCUT2D eigenvalue weighted by atomic mass is 10.2. The molecule has 1 aromatic heterocycles. The molecule has 1 saturated heterocycles.